The minimum atomic E-state index is -0.523. The Morgan fingerprint density at radius 3 is 2.58 bits per heavy atom. The average Bonchev–Trinajstić information content (AvgIpc) is 3.27. The number of benzene rings is 2. The van der Waals surface area contributed by atoms with Crippen molar-refractivity contribution < 1.29 is 9.72 Å². The summed E-state index contributed by atoms with van der Waals surface area (Å²) in [5.41, 5.74) is 2.37. The van der Waals surface area contributed by atoms with Gasteiger partial charge in [-0.3, -0.25) is 20.2 Å². The van der Waals surface area contributed by atoms with Crippen LogP contribution in [0.15, 0.2) is 52.3 Å². The Morgan fingerprint density at radius 1 is 1.15 bits per heavy atom. The molecule has 1 aliphatic heterocycles. The number of hydrogen-bond donors (Lipinski definition) is 2. The Kier molecular flexibility index (Phi) is 7.31. The number of amides is 1. The van der Waals surface area contributed by atoms with Crippen molar-refractivity contribution in [2.24, 2.45) is 0 Å². The maximum Gasteiger partial charge on any atom is 0.293 e. The first-order valence-corrected chi connectivity index (χ1v) is 12.4. The van der Waals surface area contributed by atoms with E-state index in [4.69, 9.17) is 12.2 Å². The second-order valence-corrected chi connectivity index (χ2v) is 9.64. The van der Waals surface area contributed by atoms with Crippen molar-refractivity contribution in [3.05, 3.63) is 68.0 Å². The molecular formula is C22H20BrN5O3S2. The van der Waals surface area contributed by atoms with Crippen LogP contribution >= 0.6 is 39.5 Å². The summed E-state index contributed by atoms with van der Waals surface area (Å²) in [6.45, 7) is 1.55. The maximum absolute atomic E-state index is 12.7. The highest BCUT2D eigenvalue weighted by Gasteiger charge is 2.23. The molecule has 0 aliphatic carbocycles. The molecule has 170 valence electrons. The van der Waals surface area contributed by atoms with E-state index < -0.39 is 10.8 Å². The molecule has 1 saturated heterocycles. The van der Waals surface area contributed by atoms with Crippen LogP contribution in [0.2, 0.25) is 0 Å². The molecular weight excluding hydrogens is 526 g/mol. The number of carbonyl (C=O) groups excluding carboxylic acids is 1. The van der Waals surface area contributed by atoms with Crippen molar-refractivity contribution >= 4 is 67.0 Å². The summed E-state index contributed by atoms with van der Waals surface area (Å²) >= 11 is 10.0. The SMILES string of the molecule is O=C(NC(=S)Nc1nc(-c2ccc(Br)cc2)cs1)c1ccc(N2CCCCC2)c([N+](=O)[O-])c1. The van der Waals surface area contributed by atoms with Gasteiger partial charge in [0.05, 0.1) is 10.6 Å². The van der Waals surface area contributed by atoms with Gasteiger partial charge in [-0.1, -0.05) is 28.1 Å². The Bertz CT molecular complexity index is 1190. The molecule has 11 heteroatoms. The number of hydrogen-bond acceptors (Lipinski definition) is 7. The molecule has 1 amide bonds. The van der Waals surface area contributed by atoms with Crippen LogP contribution in [0.1, 0.15) is 29.6 Å². The second kappa shape index (κ2) is 10.4. The zero-order valence-corrected chi connectivity index (χ0v) is 20.6. The molecule has 0 bridgehead atoms. The summed E-state index contributed by atoms with van der Waals surface area (Å²) in [4.78, 5) is 30.4. The molecule has 1 fully saturated rings. The minimum absolute atomic E-state index is 0.0690. The van der Waals surface area contributed by atoms with Gasteiger partial charge in [0.1, 0.15) is 5.69 Å². The van der Waals surface area contributed by atoms with E-state index in [9.17, 15) is 14.9 Å². The van der Waals surface area contributed by atoms with Gasteiger partial charge in [-0.25, -0.2) is 4.98 Å². The maximum atomic E-state index is 12.7. The number of halogens is 1. The third-order valence-corrected chi connectivity index (χ3v) is 6.71. The highest BCUT2D eigenvalue weighted by molar-refractivity contribution is 9.10. The number of nitro benzene ring substituents is 1. The van der Waals surface area contributed by atoms with Crippen molar-refractivity contribution in [3.63, 3.8) is 0 Å². The Labute approximate surface area is 208 Å². The van der Waals surface area contributed by atoms with E-state index in [1.165, 1.54) is 17.4 Å². The zero-order chi connectivity index (χ0) is 23.4. The van der Waals surface area contributed by atoms with Gasteiger partial charge in [0.15, 0.2) is 10.2 Å². The van der Waals surface area contributed by atoms with Crippen LogP contribution in [-0.4, -0.2) is 34.0 Å². The van der Waals surface area contributed by atoms with Crippen LogP contribution in [0.3, 0.4) is 0 Å². The van der Waals surface area contributed by atoms with E-state index in [-0.39, 0.29) is 16.4 Å². The van der Waals surface area contributed by atoms with Crippen molar-refractivity contribution in [2.45, 2.75) is 19.3 Å². The number of thiazole rings is 1. The molecule has 2 heterocycles. The van der Waals surface area contributed by atoms with E-state index in [1.807, 2.05) is 34.5 Å². The summed E-state index contributed by atoms with van der Waals surface area (Å²) in [7, 11) is 0. The fraction of sp³-hybridized carbons (Fsp3) is 0.227. The Balaban J connectivity index is 1.42. The molecule has 2 aromatic carbocycles. The number of nitro groups is 1. The van der Waals surface area contributed by atoms with Crippen molar-refractivity contribution in [1.82, 2.24) is 10.3 Å². The lowest BCUT2D eigenvalue weighted by molar-refractivity contribution is -0.384. The van der Waals surface area contributed by atoms with Crippen molar-refractivity contribution in [3.8, 4) is 11.3 Å². The lowest BCUT2D eigenvalue weighted by Crippen LogP contribution is -2.34. The van der Waals surface area contributed by atoms with Crippen LogP contribution in [-0.2, 0) is 0 Å². The van der Waals surface area contributed by atoms with E-state index >= 15 is 0 Å². The van der Waals surface area contributed by atoms with Gasteiger partial charge < -0.3 is 10.2 Å². The number of nitrogens with zero attached hydrogens (tertiary/aromatic N) is 3. The number of aromatic nitrogens is 1. The summed E-state index contributed by atoms with van der Waals surface area (Å²) in [6, 6.07) is 12.3. The predicted octanol–water partition coefficient (Wildman–Crippen LogP) is 5.60. The topological polar surface area (TPSA) is 100 Å². The quantitative estimate of drug-likeness (QED) is 0.244. The predicted molar refractivity (Wildman–Crippen MR) is 138 cm³/mol. The van der Waals surface area contributed by atoms with E-state index in [0.717, 1.165) is 48.1 Å². The summed E-state index contributed by atoms with van der Waals surface area (Å²) < 4.78 is 0.980. The lowest BCUT2D eigenvalue weighted by Gasteiger charge is -2.28. The smallest absolute Gasteiger partial charge is 0.293 e. The van der Waals surface area contributed by atoms with Gasteiger partial charge >= 0.3 is 0 Å². The van der Waals surface area contributed by atoms with Gasteiger partial charge in [0.25, 0.3) is 11.6 Å². The molecule has 0 atom stereocenters. The van der Waals surface area contributed by atoms with E-state index in [1.54, 1.807) is 12.1 Å². The fourth-order valence-corrected chi connectivity index (χ4v) is 4.84. The van der Waals surface area contributed by atoms with Crippen molar-refractivity contribution in [1.29, 1.82) is 0 Å². The zero-order valence-electron chi connectivity index (χ0n) is 17.4. The largest absolute Gasteiger partial charge is 0.366 e. The van der Waals surface area contributed by atoms with Gasteiger partial charge in [-0.05, 0) is 55.7 Å². The first kappa shape index (κ1) is 23.3. The molecule has 1 aliphatic rings. The number of thiocarbonyl (C=S) groups is 1. The second-order valence-electron chi connectivity index (χ2n) is 7.46. The van der Waals surface area contributed by atoms with Gasteiger partial charge in [-0.15, -0.1) is 11.3 Å². The number of rotatable bonds is 5. The highest BCUT2D eigenvalue weighted by atomic mass is 79.9. The first-order chi connectivity index (χ1) is 15.9. The van der Waals surface area contributed by atoms with Crippen LogP contribution in [0.4, 0.5) is 16.5 Å². The molecule has 0 saturated carbocycles. The van der Waals surface area contributed by atoms with Gasteiger partial charge in [0, 0.05) is 40.1 Å². The van der Waals surface area contributed by atoms with E-state index in [2.05, 4.69) is 31.5 Å². The molecule has 0 spiro atoms. The first-order valence-electron chi connectivity index (χ1n) is 10.3. The fourth-order valence-electron chi connectivity index (χ4n) is 3.60. The number of carbonyl (C=O) groups is 1. The average molecular weight is 546 g/mol. The molecule has 1 aromatic heterocycles. The van der Waals surface area contributed by atoms with E-state index in [0.29, 0.717) is 10.8 Å². The van der Waals surface area contributed by atoms with Gasteiger partial charge in [0.2, 0.25) is 0 Å². The van der Waals surface area contributed by atoms with Crippen LogP contribution in [0.5, 0.6) is 0 Å². The number of piperidine rings is 1. The van der Waals surface area contributed by atoms with Crippen molar-refractivity contribution in [2.75, 3.05) is 23.3 Å². The molecule has 0 unspecified atom stereocenters. The van der Waals surface area contributed by atoms with Crippen LogP contribution < -0.4 is 15.5 Å². The standard InChI is InChI=1S/C22H20BrN5O3S2/c23-16-7-4-14(5-8-16)17-13-33-22(24-17)26-21(32)25-20(29)15-6-9-18(19(12-15)28(30)31)27-10-2-1-3-11-27/h4-9,12-13H,1-3,10-11H2,(H2,24,25,26,29,32). The Morgan fingerprint density at radius 2 is 1.88 bits per heavy atom. The normalized spacial score (nSPS) is 13.4. The monoisotopic (exact) mass is 545 g/mol. The number of nitrogens with one attached hydrogen (secondary N) is 2. The molecule has 8 nitrogen and oxygen atoms in total. The minimum Gasteiger partial charge on any atom is -0.366 e. The number of anilines is 2. The molecule has 0 radical (unpaired) electrons. The van der Waals surface area contributed by atoms with Crippen LogP contribution in [0, 0.1) is 10.1 Å². The van der Waals surface area contributed by atoms with Gasteiger partial charge in [-0.2, -0.15) is 0 Å². The summed E-state index contributed by atoms with van der Waals surface area (Å²) in [5.74, 6) is -0.523. The third-order valence-electron chi connectivity index (χ3n) is 5.22. The van der Waals surface area contributed by atoms with Crippen LogP contribution in [0.25, 0.3) is 11.3 Å². The highest BCUT2D eigenvalue weighted by Crippen LogP contribution is 2.31. The lowest BCUT2D eigenvalue weighted by atomic mass is 10.1. The summed E-state index contributed by atoms with van der Waals surface area (Å²) in [5, 5.41) is 19.6. The summed E-state index contributed by atoms with van der Waals surface area (Å²) in [6.07, 6.45) is 3.12. The molecule has 2 N–H and O–H groups in total. The Hall–Kier alpha value is -2.89. The molecule has 4 rings (SSSR count). The molecule has 33 heavy (non-hydrogen) atoms. The molecule has 3 aromatic rings. The third kappa shape index (κ3) is 5.73.